The molecule has 0 unspecified atom stereocenters. The topological polar surface area (TPSA) is 39.2 Å². The second kappa shape index (κ2) is 3.64. The van der Waals surface area contributed by atoms with Crippen LogP contribution < -0.4 is 5.73 Å². The first kappa shape index (κ1) is 8.97. The van der Waals surface area contributed by atoms with E-state index in [-0.39, 0.29) is 5.82 Å². The Bertz CT molecular complexity index is 473. The van der Waals surface area contributed by atoms with Gasteiger partial charge in [0.05, 0.1) is 6.26 Å². The van der Waals surface area contributed by atoms with Gasteiger partial charge >= 0.3 is 0 Å². The third kappa shape index (κ3) is 1.54. The molecule has 1 aromatic carbocycles. The van der Waals surface area contributed by atoms with Crippen LogP contribution in [0.1, 0.15) is 5.56 Å². The molecule has 0 spiro atoms. The van der Waals surface area contributed by atoms with Crippen molar-refractivity contribution >= 4 is 17.0 Å². The van der Waals surface area contributed by atoms with E-state index in [0.29, 0.717) is 12.1 Å². The van der Waals surface area contributed by atoms with Crippen molar-refractivity contribution in [3.63, 3.8) is 0 Å². The quantitative estimate of drug-likeness (QED) is 0.792. The van der Waals surface area contributed by atoms with E-state index in [1.807, 2.05) is 0 Å². The first-order chi connectivity index (χ1) is 6.81. The summed E-state index contributed by atoms with van der Waals surface area (Å²) in [7, 11) is 0. The van der Waals surface area contributed by atoms with Crippen molar-refractivity contribution < 1.29 is 8.81 Å². The zero-order chi connectivity index (χ0) is 9.97. The van der Waals surface area contributed by atoms with Crippen molar-refractivity contribution in [2.24, 2.45) is 5.73 Å². The summed E-state index contributed by atoms with van der Waals surface area (Å²) in [5.41, 5.74) is 6.73. The predicted molar refractivity (Wildman–Crippen MR) is 54.3 cm³/mol. The van der Waals surface area contributed by atoms with Crippen LogP contribution >= 0.6 is 0 Å². The van der Waals surface area contributed by atoms with Gasteiger partial charge in [-0.05, 0) is 18.2 Å². The largest absolute Gasteiger partial charge is 0.464 e. The van der Waals surface area contributed by atoms with Crippen LogP contribution in [0.15, 0.2) is 35.0 Å². The van der Waals surface area contributed by atoms with Crippen LogP contribution in [0.2, 0.25) is 0 Å². The molecule has 72 valence electrons. The van der Waals surface area contributed by atoms with E-state index in [4.69, 9.17) is 10.2 Å². The van der Waals surface area contributed by atoms with Gasteiger partial charge in [0.1, 0.15) is 11.4 Å². The van der Waals surface area contributed by atoms with Gasteiger partial charge in [0, 0.05) is 17.5 Å². The number of nitrogens with two attached hydrogens (primary N) is 1. The molecule has 2 nitrogen and oxygen atoms in total. The molecular formula is C11H10FNO. The first-order valence-electron chi connectivity index (χ1n) is 4.34. The highest BCUT2D eigenvalue weighted by atomic mass is 19.1. The fourth-order valence-corrected chi connectivity index (χ4v) is 1.39. The van der Waals surface area contributed by atoms with Crippen LogP contribution in [0.25, 0.3) is 17.0 Å². The van der Waals surface area contributed by atoms with Crippen LogP contribution in [0.3, 0.4) is 0 Å². The average molecular weight is 191 g/mol. The maximum atomic E-state index is 13.1. The van der Waals surface area contributed by atoms with Crippen LogP contribution in [0, 0.1) is 5.82 Å². The number of furan rings is 1. The van der Waals surface area contributed by atoms with E-state index in [0.717, 1.165) is 10.9 Å². The van der Waals surface area contributed by atoms with Gasteiger partial charge in [-0.25, -0.2) is 4.39 Å². The van der Waals surface area contributed by atoms with Crippen molar-refractivity contribution in [1.82, 2.24) is 0 Å². The molecule has 0 bridgehead atoms. The summed E-state index contributed by atoms with van der Waals surface area (Å²) in [4.78, 5) is 0. The van der Waals surface area contributed by atoms with Crippen molar-refractivity contribution in [2.45, 2.75) is 0 Å². The molecule has 0 fully saturated rings. The number of halogens is 1. The highest BCUT2D eigenvalue weighted by Crippen LogP contribution is 2.22. The van der Waals surface area contributed by atoms with Crippen molar-refractivity contribution in [2.75, 3.05) is 6.54 Å². The minimum atomic E-state index is -0.268. The van der Waals surface area contributed by atoms with Crippen molar-refractivity contribution in [3.8, 4) is 0 Å². The molecular weight excluding hydrogens is 181 g/mol. The summed E-state index contributed by atoms with van der Waals surface area (Å²) in [6.07, 6.45) is 5.07. The van der Waals surface area contributed by atoms with E-state index in [9.17, 15) is 4.39 Å². The Morgan fingerprint density at radius 3 is 3.07 bits per heavy atom. The molecule has 3 heteroatoms. The Morgan fingerprint density at radius 1 is 1.43 bits per heavy atom. The standard InChI is InChI=1S/C11H10FNO/c12-10-6-8(2-1-4-13)11-9(7-10)3-5-14-11/h1-3,5-7H,4,13H2/b2-1+. The lowest BCUT2D eigenvalue weighted by Crippen LogP contribution is -1.92. The smallest absolute Gasteiger partial charge is 0.141 e. The molecule has 1 heterocycles. The average Bonchev–Trinajstić information content (AvgIpc) is 2.61. The summed E-state index contributed by atoms with van der Waals surface area (Å²) in [6, 6.07) is 4.61. The van der Waals surface area contributed by atoms with Crippen LogP contribution in [-0.2, 0) is 0 Å². The molecule has 0 radical (unpaired) electrons. The Morgan fingerprint density at radius 2 is 2.29 bits per heavy atom. The highest BCUT2D eigenvalue weighted by Gasteiger charge is 2.03. The Labute approximate surface area is 80.8 Å². The van der Waals surface area contributed by atoms with Gasteiger partial charge in [-0.3, -0.25) is 0 Å². The summed E-state index contributed by atoms with van der Waals surface area (Å²) in [6.45, 7) is 0.429. The fourth-order valence-electron chi connectivity index (χ4n) is 1.39. The monoisotopic (exact) mass is 191 g/mol. The highest BCUT2D eigenvalue weighted by molar-refractivity contribution is 5.85. The Hall–Kier alpha value is -1.61. The molecule has 2 rings (SSSR count). The number of benzene rings is 1. The number of hydrogen-bond donors (Lipinski definition) is 1. The van der Waals surface area contributed by atoms with Gasteiger partial charge in [0.15, 0.2) is 0 Å². The van der Waals surface area contributed by atoms with E-state index in [1.165, 1.54) is 12.1 Å². The molecule has 1 aromatic heterocycles. The fraction of sp³-hybridized carbons (Fsp3) is 0.0909. The lowest BCUT2D eigenvalue weighted by molar-refractivity contribution is 0.608. The zero-order valence-corrected chi connectivity index (χ0v) is 7.53. The molecule has 0 saturated carbocycles. The minimum absolute atomic E-state index is 0.268. The number of hydrogen-bond acceptors (Lipinski definition) is 2. The molecule has 14 heavy (non-hydrogen) atoms. The molecule has 0 atom stereocenters. The molecule has 0 saturated heterocycles. The van der Waals surface area contributed by atoms with Gasteiger partial charge in [0.2, 0.25) is 0 Å². The first-order valence-corrected chi connectivity index (χ1v) is 4.34. The predicted octanol–water partition coefficient (Wildman–Crippen LogP) is 2.54. The van der Waals surface area contributed by atoms with E-state index in [1.54, 1.807) is 24.5 Å². The second-order valence-electron chi connectivity index (χ2n) is 2.97. The van der Waals surface area contributed by atoms with Gasteiger partial charge in [-0.15, -0.1) is 0 Å². The lowest BCUT2D eigenvalue weighted by atomic mass is 10.1. The van der Waals surface area contributed by atoms with E-state index in [2.05, 4.69) is 0 Å². The van der Waals surface area contributed by atoms with E-state index >= 15 is 0 Å². The summed E-state index contributed by atoms with van der Waals surface area (Å²) < 4.78 is 18.3. The second-order valence-corrected chi connectivity index (χ2v) is 2.97. The van der Waals surface area contributed by atoms with Crippen LogP contribution in [-0.4, -0.2) is 6.54 Å². The molecule has 2 aromatic rings. The van der Waals surface area contributed by atoms with Gasteiger partial charge < -0.3 is 10.2 Å². The zero-order valence-electron chi connectivity index (χ0n) is 7.53. The molecule has 0 amide bonds. The SMILES string of the molecule is NC/C=C/c1cc(F)cc2ccoc12. The number of fused-ring (bicyclic) bond motifs is 1. The molecule has 0 aliphatic heterocycles. The minimum Gasteiger partial charge on any atom is -0.464 e. The summed E-state index contributed by atoms with van der Waals surface area (Å²) in [5, 5.41) is 0.765. The third-order valence-corrected chi connectivity index (χ3v) is 1.98. The van der Waals surface area contributed by atoms with Crippen LogP contribution in [0.5, 0.6) is 0 Å². The third-order valence-electron chi connectivity index (χ3n) is 1.98. The van der Waals surface area contributed by atoms with E-state index < -0.39 is 0 Å². The maximum absolute atomic E-state index is 13.1. The Kier molecular flexibility index (Phi) is 2.33. The molecule has 2 N–H and O–H groups in total. The van der Waals surface area contributed by atoms with Crippen molar-refractivity contribution in [3.05, 3.63) is 41.9 Å². The lowest BCUT2D eigenvalue weighted by Gasteiger charge is -1.96. The van der Waals surface area contributed by atoms with Gasteiger partial charge in [-0.1, -0.05) is 12.2 Å². The van der Waals surface area contributed by atoms with Gasteiger partial charge in [-0.2, -0.15) is 0 Å². The maximum Gasteiger partial charge on any atom is 0.141 e. The van der Waals surface area contributed by atoms with Gasteiger partial charge in [0.25, 0.3) is 0 Å². The summed E-state index contributed by atoms with van der Waals surface area (Å²) >= 11 is 0. The number of rotatable bonds is 2. The van der Waals surface area contributed by atoms with Crippen LogP contribution in [0.4, 0.5) is 4.39 Å². The van der Waals surface area contributed by atoms with Crippen molar-refractivity contribution in [1.29, 1.82) is 0 Å². The summed E-state index contributed by atoms with van der Waals surface area (Å²) in [5.74, 6) is -0.268. The molecule has 0 aliphatic carbocycles. The molecule has 0 aliphatic rings. The normalized spacial score (nSPS) is 11.6. The Balaban J connectivity index is 2.61.